The molecule has 0 unspecified atom stereocenters. The van der Waals surface area contributed by atoms with E-state index in [0.29, 0.717) is 38.9 Å². The molecule has 0 atom stereocenters. The zero-order valence-electron chi connectivity index (χ0n) is 27.9. The van der Waals surface area contributed by atoms with Crippen LogP contribution in [0.15, 0.2) is 114 Å². The van der Waals surface area contributed by atoms with Crippen LogP contribution in [0.4, 0.5) is 5.69 Å². The number of rotatable bonds is 6. The molecule has 10 heteroatoms. The molecule has 2 aliphatic carbocycles. The van der Waals surface area contributed by atoms with E-state index in [2.05, 4.69) is 0 Å². The van der Waals surface area contributed by atoms with Gasteiger partial charge in [-0.25, -0.2) is 9.88 Å². The molecule has 10 nitrogen and oxygen atoms in total. The fourth-order valence-corrected chi connectivity index (χ4v) is 7.44. The summed E-state index contributed by atoms with van der Waals surface area (Å²) in [6.45, 7) is 0. The Morgan fingerprint density at radius 3 is 1.85 bits per heavy atom. The van der Waals surface area contributed by atoms with E-state index in [9.17, 15) is 24.0 Å². The summed E-state index contributed by atoms with van der Waals surface area (Å²) >= 11 is 0. The van der Waals surface area contributed by atoms with Crippen LogP contribution in [0.5, 0.6) is 11.5 Å². The van der Waals surface area contributed by atoms with E-state index in [0.717, 1.165) is 22.5 Å². The average molecular weight is 686 g/mol. The summed E-state index contributed by atoms with van der Waals surface area (Å²) in [6, 6.07) is 25.4. The molecule has 0 saturated heterocycles. The van der Waals surface area contributed by atoms with E-state index in [-0.39, 0.29) is 33.8 Å². The van der Waals surface area contributed by atoms with Crippen LogP contribution in [-0.4, -0.2) is 47.2 Å². The van der Waals surface area contributed by atoms with Crippen molar-refractivity contribution >= 4 is 56.3 Å². The Hall–Kier alpha value is -6.94. The molecule has 0 spiro atoms. The lowest BCUT2D eigenvalue weighted by molar-refractivity contribution is 0.0879. The zero-order chi connectivity index (χ0) is 35.8. The molecule has 3 aliphatic rings. The lowest BCUT2D eigenvalue weighted by Gasteiger charge is -2.21. The van der Waals surface area contributed by atoms with Crippen LogP contribution in [0, 0.1) is 0 Å². The largest absolute Gasteiger partial charge is 0.494 e. The molecule has 0 N–H and O–H groups in total. The second kappa shape index (κ2) is 11.6. The number of hydrogen-bond acceptors (Lipinski definition) is 8. The van der Waals surface area contributed by atoms with Crippen LogP contribution in [0.1, 0.15) is 65.2 Å². The first-order valence-electron chi connectivity index (χ1n) is 16.6. The minimum Gasteiger partial charge on any atom is -0.494 e. The third-order valence-electron chi connectivity index (χ3n) is 9.96. The van der Waals surface area contributed by atoms with Gasteiger partial charge >= 0.3 is 0 Å². The smallest absolute Gasteiger partial charge is 0.266 e. The maximum Gasteiger partial charge on any atom is 0.266 e. The normalized spacial score (nSPS) is 15.2. The summed E-state index contributed by atoms with van der Waals surface area (Å²) in [5.41, 5.74) is 3.05. The number of amides is 2. The number of anilines is 1. The predicted octanol–water partition coefficient (Wildman–Crippen LogP) is 6.86. The Bertz CT molecular complexity index is 2640. The van der Waals surface area contributed by atoms with Crippen LogP contribution >= 0.6 is 0 Å². The predicted molar refractivity (Wildman–Crippen MR) is 195 cm³/mol. The number of ketones is 2. The second-order valence-electron chi connectivity index (χ2n) is 12.8. The van der Waals surface area contributed by atoms with E-state index in [1.165, 1.54) is 18.8 Å². The third kappa shape index (κ3) is 4.43. The number of ether oxygens (including phenoxy) is 2. The Balaban J connectivity index is 1.14. The molecular formula is C42H27N3O7. The Kier molecular flexibility index (Phi) is 6.91. The summed E-state index contributed by atoms with van der Waals surface area (Å²) in [5.74, 6) is -2.98. The molecule has 6 aromatic rings. The number of hydrogen-bond donors (Lipinski definition) is 0. The first-order chi connectivity index (χ1) is 25.3. The fourth-order valence-electron chi connectivity index (χ4n) is 7.44. The van der Waals surface area contributed by atoms with Gasteiger partial charge in [-0.15, -0.1) is 0 Å². The fraction of sp³-hybridized carbons (Fsp3) is 0.0952. The zero-order valence-corrected chi connectivity index (χ0v) is 27.9. The molecule has 1 aromatic heterocycles. The van der Waals surface area contributed by atoms with Crippen LogP contribution in [0.25, 0.3) is 32.9 Å². The quantitative estimate of drug-likeness (QED) is 0.138. The molecule has 252 valence electrons. The summed E-state index contributed by atoms with van der Waals surface area (Å²) < 4.78 is 12.7. The molecule has 1 aliphatic heterocycles. The number of carbonyl (C=O) groups excluding carboxylic acids is 4. The van der Waals surface area contributed by atoms with Crippen molar-refractivity contribution in [1.82, 2.24) is 9.55 Å². The monoisotopic (exact) mass is 685 g/mol. The highest BCUT2D eigenvalue weighted by Crippen LogP contribution is 2.46. The van der Waals surface area contributed by atoms with Crippen molar-refractivity contribution in [2.75, 3.05) is 19.1 Å². The Labute approximate surface area is 295 Å². The molecule has 5 aromatic carbocycles. The van der Waals surface area contributed by atoms with Crippen molar-refractivity contribution in [1.29, 1.82) is 0 Å². The number of para-hydroxylation sites is 2. The van der Waals surface area contributed by atoms with Crippen LogP contribution in [-0.2, 0) is 0 Å². The molecule has 0 saturated carbocycles. The van der Waals surface area contributed by atoms with Gasteiger partial charge < -0.3 is 9.47 Å². The maximum absolute atomic E-state index is 14.2. The van der Waals surface area contributed by atoms with Crippen molar-refractivity contribution in [2.45, 2.75) is 12.3 Å². The number of benzene rings is 5. The van der Waals surface area contributed by atoms with Gasteiger partial charge in [0.05, 0.1) is 41.9 Å². The Morgan fingerprint density at radius 2 is 1.27 bits per heavy atom. The van der Waals surface area contributed by atoms with Gasteiger partial charge in [-0.1, -0.05) is 48.6 Å². The van der Waals surface area contributed by atoms with E-state index in [1.807, 2.05) is 18.2 Å². The van der Waals surface area contributed by atoms with E-state index in [1.54, 1.807) is 91.0 Å². The third-order valence-corrected chi connectivity index (χ3v) is 9.96. The lowest BCUT2D eigenvalue weighted by Crippen LogP contribution is -2.30. The maximum atomic E-state index is 14.2. The summed E-state index contributed by atoms with van der Waals surface area (Å²) in [5, 5.41) is 1.33. The highest BCUT2D eigenvalue weighted by Gasteiger charge is 2.44. The van der Waals surface area contributed by atoms with Gasteiger partial charge in [-0.2, -0.15) is 0 Å². The second-order valence-corrected chi connectivity index (χ2v) is 12.8. The first kappa shape index (κ1) is 31.1. The number of nitrogens with zero attached hydrogens (tertiary/aromatic N) is 3. The van der Waals surface area contributed by atoms with Gasteiger partial charge in [0.25, 0.3) is 17.4 Å². The SMILES string of the molecule is COc1cc(C2=CC=CC2)cc(OC)c1N1C(=O)c2cc3cc4c(cc3cc2C1=O)C(=O)C(c1nc2ccccc2c(=O)n1-c1ccccc1)C4=O. The number of Topliss-reactive ketones (excluding diaryl/α,β-unsaturated/α-hetero) is 2. The minimum absolute atomic E-state index is 0.0167. The van der Waals surface area contributed by atoms with Crippen molar-refractivity contribution in [2.24, 2.45) is 0 Å². The van der Waals surface area contributed by atoms with E-state index in [4.69, 9.17) is 14.5 Å². The number of aromatic nitrogens is 2. The molecule has 0 radical (unpaired) electrons. The minimum atomic E-state index is -1.38. The lowest BCUT2D eigenvalue weighted by atomic mass is 9.98. The number of methoxy groups -OCH3 is 2. The molecule has 2 heterocycles. The number of imide groups is 1. The van der Waals surface area contributed by atoms with Crippen molar-refractivity contribution in [3.8, 4) is 17.2 Å². The van der Waals surface area contributed by atoms with Gasteiger partial charge in [0.2, 0.25) is 0 Å². The first-order valence-corrected chi connectivity index (χ1v) is 16.6. The number of carbonyl (C=O) groups is 4. The average Bonchev–Trinajstić information content (AvgIpc) is 3.86. The summed E-state index contributed by atoms with van der Waals surface area (Å²) in [4.78, 5) is 76.1. The van der Waals surface area contributed by atoms with Crippen molar-refractivity contribution in [3.05, 3.63) is 153 Å². The molecular weight excluding hydrogens is 658 g/mol. The van der Waals surface area contributed by atoms with Gasteiger partial charge in [0.15, 0.2) is 11.6 Å². The molecule has 0 fully saturated rings. The van der Waals surface area contributed by atoms with Crippen LogP contribution in [0.2, 0.25) is 0 Å². The van der Waals surface area contributed by atoms with Gasteiger partial charge in [0.1, 0.15) is 28.9 Å². The van der Waals surface area contributed by atoms with Crippen LogP contribution < -0.4 is 19.9 Å². The molecule has 52 heavy (non-hydrogen) atoms. The van der Waals surface area contributed by atoms with Crippen molar-refractivity contribution in [3.63, 3.8) is 0 Å². The van der Waals surface area contributed by atoms with Gasteiger partial charge in [-0.3, -0.25) is 28.5 Å². The van der Waals surface area contributed by atoms with Crippen molar-refractivity contribution < 1.29 is 28.7 Å². The van der Waals surface area contributed by atoms with Crippen LogP contribution in [0.3, 0.4) is 0 Å². The molecule has 2 amide bonds. The summed E-state index contributed by atoms with van der Waals surface area (Å²) in [6.07, 6.45) is 6.69. The number of allylic oxidation sites excluding steroid dienone is 4. The Morgan fingerprint density at radius 1 is 0.692 bits per heavy atom. The topological polar surface area (TPSA) is 125 Å². The highest BCUT2D eigenvalue weighted by atomic mass is 16.5. The van der Waals surface area contributed by atoms with Gasteiger partial charge in [0, 0.05) is 11.1 Å². The molecule has 0 bridgehead atoms. The highest BCUT2D eigenvalue weighted by molar-refractivity contribution is 6.37. The number of fused-ring (bicyclic) bond motifs is 4. The van der Waals surface area contributed by atoms with E-state index >= 15 is 0 Å². The standard InChI is InChI=1S/C42H27N3O7/c1-51-33-20-25(22-10-6-7-11-22)21-34(52-2)36(33)45-41(49)30-18-23-16-28-29(17-24(23)19-31(30)42(45)50)38(47)35(37(28)46)39-43-32-15-9-8-14-27(32)40(48)44(39)26-12-4-3-5-13-26/h3-10,12-21,35H,11H2,1-2H3. The summed E-state index contributed by atoms with van der Waals surface area (Å²) in [7, 11) is 2.93. The van der Waals surface area contributed by atoms with E-state index < -0.39 is 34.9 Å². The van der Waals surface area contributed by atoms with Gasteiger partial charge in [-0.05, 0) is 89.0 Å². The molecule has 9 rings (SSSR count).